The molecule has 0 aliphatic carbocycles. The van der Waals surface area contributed by atoms with Crippen LogP contribution in [0.4, 0.5) is 11.4 Å². The molecule has 2 N–H and O–H groups in total. The van der Waals surface area contributed by atoms with Crippen LogP contribution in [-0.2, 0) is 0 Å². The summed E-state index contributed by atoms with van der Waals surface area (Å²) in [6.45, 7) is 0. The van der Waals surface area contributed by atoms with Crippen LogP contribution in [0.2, 0.25) is 5.02 Å². The molecule has 0 aliphatic heterocycles. The molecule has 0 saturated carbocycles. The van der Waals surface area contributed by atoms with E-state index >= 15 is 0 Å². The highest BCUT2D eigenvalue weighted by atomic mass is 79.9. The van der Waals surface area contributed by atoms with Crippen molar-refractivity contribution in [2.24, 2.45) is 4.99 Å². The Kier molecular flexibility index (Phi) is 4.06. The number of aromatic amines is 1. The highest BCUT2D eigenvalue weighted by molar-refractivity contribution is 9.10. The highest BCUT2D eigenvalue weighted by Gasteiger charge is 2.14. The number of nitrogens with one attached hydrogen (secondary N) is 1. The van der Waals surface area contributed by atoms with Gasteiger partial charge in [-0.1, -0.05) is 11.6 Å². The molecule has 0 aliphatic rings. The Morgan fingerprint density at radius 2 is 1.96 bits per heavy atom. The smallest absolute Gasteiger partial charge is 0.269 e. The van der Waals surface area contributed by atoms with E-state index in [1.807, 2.05) is 0 Å². The Bertz CT molecular complexity index is 935. The van der Waals surface area contributed by atoms with Crippen molar-refractivity contribution in [2.45, 2.75) is 0 Å². The number of hydrogen-bond donors (Lipinski definition) is 2. The number of nitro groups is 1. The quantitative estimate of drug-likeness (QED) is 0.374. The van der Waals surface area contributed by atoms with Gasteiger partial charge in [-0.05, 0) is 40.2 Å². The molecule has 0 fully saturated rings. The van der Waals surface area contributed by atoms with Crippen LogP contribution < -0.4 is 0 Å². The van der Waals surface area contributed by atoms with Gasteiger partial charge in [0.05, 0.1) is 32.8 Å². The number of aromatic hydroxyl groups is 1. The molecule has 0 radical (unpaired) electrons. The molecule has 0 bridgehead atoms. The van der Waals surface area contributed by atoms with Crippen LogP contribution in [0.1, 0.15) is 5.69 Å². The molecule has 1 heterocycles. The zero-order valence-electron chi connectivity index (χ0n) is 11.5. The normalized spacial score (nSPS) is 11.4. The minimum Gasteiger partial charge on any atom is -0.505 e. The third kappa shape index (κ3) is 2.93. The lowest BCUT2D eigenvalue weighted by Crippen LogP contribution is -1.86. The lowest BCUT2D eigenvalue weighted by atomic mass is 10.2. The molecule has 0 spiro atoms. The number of aromatic nitrogens is 1. The number of rotatable bonds is 3. The molecule has 1 aromatic heterocycles. The first-order valence-corrected chi connectivity index (χ1v) is 7.61. The summed E-state index contributed by atoms with van der Waals surface area (Å²) in [5, 5.41) is 21.8. The molecule has 3 aromatic rings. The first-order valence-electron chi connectivity index (χ1n) is 6.44. The van der Waals surface area contributed by atoms with Gasteiger partial charge in [0.25, 0.3) is 5.69 Å². The van der Waals surface area contributed by atoms with Crippen molar-refractivity contribution in [1.82, 2.24) is 4.98 Å². The van der Waals surface area contributed by atoms with E-state index in [0.29, 0.717) is 31.8 Å². The number of hydrogen-bond acceptors (Lipinski definition) is 4. The SMILES string of the molecule is O=[N+]([O-])c1ccc(N=Cc2[nH]c3ccc(Br)c(Cl)c3c2O)cc1. The lowest BCUT2D eigenvalue weighted by Gasteiger charge is -1.97. The van der Waals surface area contributed by atoms with E-state index in [2.05, 4.69) is 25.9 Å². The topological polar surface area (TPSA) is 91.5 Å². The molecule has 23 heavy (non-hydrogen) atoms. The Morgan fingerprint density at radius 3 is 2.61 bits per heavy atom. The zero-order chi connectivity index (χ0) is 16.6. The van der Waals surface area contributed by atoms with Gasteiger partial charge in [0.15, 0.2) is 5.75 Å². The van der Waals surface area contributed by atoms with E-state index < -0.39 is 4.92 Å². The van der Waals surface area contributed by atoms with Gasteiger partial charge >= 0.3 is 0 Å². The summed E-state index contributed by atoms with van der Waals surface area (Å²) in [5.74, 6) is -0.00281. The Balaban J connectivity index is 1.96. The largest absolute Gasteiger partial charge is 0.505 e. The van der Waals surface area contributed by atoms with Gasteiger partial charge in [-0.15, -0.1) is 0 Å². The molecular weight excluding hydrogens is 386 g/mol. The molecule has 116 valence electrons. The standard InChI is InChI=1S/C15H9BrClN3O3/c16-10-5-6-11-13(14(10)17)15(21)12(19-11)7-18-8-1-3-9(4-2-8)20(22)23/h1-7,19,21H. The van der Waals surface area contributed by atoms with E-state index in [4.69, 9.17) is 11.6 Å². The Hall–Kier alpha value is -2.38. The fraction of sp³-hybridized carbons (Fsp3) is 0. The molecule has 0 unspecified atom stereocenters. The van der Waals surface area contributed by atoms with Gasteiger partial charge in [0, 0.05) is 16.6 Å². The predicted octanol–water partition coefficient (Wildman–Crippen LogP) is 4.95. The number of nitro benzene ring substituents is 1. The molecule has 3 rings (SSSR count). The number of nitrogens with zero attached hydrogens (tertiary/aromatic N) is 2. The van der Waals surface area contributed by atoms with Crippen LogP contribution in [0.3, 0.4) is 0 Å². The van der Waals surface area contributed by atoms with Crippen molar-refractivity contribution in [3.63, 3.8) is 0 Å². The maximum Gasteiger partial charge on any atom is 0.269 e. The van der Waals surface area contributed by atoms with Crippen molar-refractivity contribution < 1.29 is 10.0 Å². The molecule has 0 atom stereocenters. The van der Waals surface area contributed by atoms with E-state index in [9.17, 15) is 15.2 Å². The van der Waals surface area contributed by atoms with Crippen molar-refractivity contribution in [3.8, 4) is 5.75 Å². The summed E-state index contributed by atoms with van der Waals surface area (Å²) in [4.78, 5) is 17.3. The van der Waals surface area contributed by atoms with Crippen molar-refractivity contribution in [1.29, 1.82) is 0 Å². The number of halogens is 2. The minimum atomic E-state index is -0.475. The highest BCUT2D eigenvalue weighted by Crippen LogP contribution is 2.38. The van der Waals surface area contributed by atoms with Gasteiger partial charge in [-0.2, -0.15) is 0 Å². The van der Waals surface area contributed by atoms with E-state index in [-0.39, 0.29) is 11.4 Å². The maximum absolute atomic E-state index is 10.6. The number of non-ortho nitro benzene ring substituents is 1. The average Bonchev–Trinajstić information content (AvgIpc) is 2.86. The second-order valence-corrected chi connectivity index (χ2v) is 5.94. The molecule has 8 heteroatoms. The number of benzene rings is 2. The van der Waals surface area contributed by atoms with Crippen molar-refractivity contribution >= 4 is 56.0 Å². The van der Waals surface area contributed by atoms with Gasteiger partial charge in [-0.25, -0.2) is 0 Å². The van der Waals surface area contributed by atoms with Gasteiger partial charge in [0.2, 0.25) is 0 Å². The summed E-state index contributed by atoms with van der Waals surface area (Å²) < 4.78 is 0.680. The second kappa shape index (κ2) is 6.02. The van der Waals surface area contributed by atoms with Crippen molar-refractivity contribution in [2.75, 3.05) is 0 Å². The van der Waals surface area contributed by atoms with Gasteiger partial charge < -0.3 is 10.1 Å². The summed E-state index contributed by atoms with van der Waals surface area (Å²) in [5.41, 5.74) is 1.61. The van der Waals surface area contributed by atoms with Crippen LogP contribution in [0.15, 0.2) is 45.9 Å². The molecule has 0 amide bonds. The van der Waals surface area contributed by atoms with E-state index in [1.54, 1.807) is 12.1 Å². The molecule has 6 nitrogen and oxygen atoms in total. The first kappa shape index (κ1) is 15.5. The monoisotopic (exact) mass is 393 g/mol. The van der Waals surface area contributed by atoms with Crippen LogP contribution in [0.5, 0.6) is 5.75 Å². The van der Waals surface area contributed by atoms with Crippen LogP contribution in [-0.4, -0.2) is 21.2 Å². The fourth-order valence-corrected chi connectivity index (χ4v) is 2.70. The van der Waals surface area contributed by atoms with Gasteiger partial charge in [-0.3, -0.25) is 15.1 Å². The van der Waals surface area contributed by atoms with Crippen LogP contribution in [0, 0.1) is 10.1 Å². The Morgan fingerprint density at radius 1 is 1.26 bits per heavy atom. The average molecular weight is 395 g/mol. The summed E-state index contributed by atoms with van der Waals surface area (Å²) >= 11 is 9.48. The van der Waals surface area contributed by atoms with E-state index in [0.717, 1.165) is 0 Å². The van der Waals surface area contributed by atoms with Crippen LogP contribution >= 0.6 is 27.5 Å². The van der Waals surface area contributed by atoms with Gasteiger partial charge in [0.1, 0.15) is 5.69 Å². The number of fused-ring (bicyclic) bond motifs is 1. The van der Waals surface area contributed by atoms with Crippen molar-refractivity contribution in [3.05, 3.63) is 61.7 Å². The van der Waals surface area contributed by atoms with Crippen LogP contribution in [0.25, 0.3) is 10.9 Å². The second-order valence-electron chi connectivity index (χ2n) is 4.70. The number of H-pyrrole nitrogens is 1. The maximum atomic E-state index is 10.6. The molecule has 2 aromatic carbocycles. The summed E-state index contributed by atoms with van der Waals surface area (Å²) in [6, 6.07) is 9.35. The molecule has 0 saturated heterocycles. The lowest BCUT2D eigenvalue weighted by molar-refractivity contribution is -0.384. The summed E-state index contributed by atoms with van der Waals surface area (Å²) in [7, 11) is 0. The first-order chi connectivity index (χ1) is 11.0. The summed E-state index contributed by atoms with van der Waals surface area (Å²) in [6.07, 6.45) is 1.45. The number of aliphatic imine (C=N–C) groups is 1. The zero-order valence-corrected chi connectivity index (χ0v) is 13.8. The predicted molar refractivity (Wildman–Crippen MR) is 93.0 cm³/mol. The third-order valence-electron chi connectivity index (χ3n) is 3.26. The molecular formula is C15H9BrClN3O3. The van der Waals surface area contributed by atoms with E-state index in [1.165, 1.54) is 30.5 Å². The fourth-order valence-electron chi connectivity index (χ4n) is 2.12. The minimum absolute atomic E-state index is 0.00281. The third-order valence-corrected chi connectivity index (χ3v) is 4.54. The Labute approximate surface area is 143 Å².